The minimum atomic E-state index is -2.16. The van der Waals surface area contributed by atoms with Gasteiger partial charge in [0, 0.05) is 6.42 Å². The molecule has 146 valence electrons. The zero-order chi connectivity index (χ0) is 20.2. The first kappa shape index (κ1) is 22.3. The van der Waals surface area contributed by atoms with Gasteiger partial charge in [-0.1, -0.05) is 37.1 Å². The van der Waals surface area contributed by atoms with Crippen LogP contribution in [0, 0.1) is 11.8 Å². The first-order valence-electron chi connectivity index (χ1n) is 9.11. The molecule has 0 aromatic carbocycles. The van der Waals surface area contributed by atoms with Crippen molar-refractivity contribution in [3.8, 4) is 0 Å². The van der Waals surface area contributed by atoms with Crippen molar-refractivity contribution in [3.05, 3.63) is 34.6 Å². The Labute approximate surface area is 156 Å². The fraction of sp³-hybridized carbons (Fsp3) is 0.619. The third kappa shape index (κ3) is 4.71. The van der Waals surface area contributed by atoms with E-state index < -0.39 is 34.9 Å². The van der Waals surface area contributed by atoms with E-state index >= 15 is 0 Å². The molecule has 0 saturated heterocycles. The first-order valence-corrected chi connectivity index (χ1v) is 9.11. The van der Waals surface area contributed by atoms with Crippen LogP contribution in [0.2, 0.25) is 0 Å². The maximum atomic E-state index is 12.9. The Morgan fingerprint density at radius 2 is 1.69 bits per heavy atom. The highest BCUT2D eigenvalue weighted by molar-refractivity contribution is 6.23. The standard InChI is InChI=1S/C21H32O5/c1-12(2)7-9-15-19(24)18(16(22)11-14(5)6)20(25)21(15,26)17(23)10-8-13(3)4/h7-8,14-15,17,23,25-26H,9-11H2,1-6H3/t15-,17?,21-/m1/s1. The molecule has 0 heterocycles. The molecular weight excluding hydrogens is 332 g/mol. The fourth-order valence-corrected chi connectivity index (χ4v) is 3.16. The van der Waals surface area contributed by atoms with Gasteiger partial charge in [-0.3, -0.25) is 9.59 Å². The van der Waals surface area contributed by atoms with Crippen LogP contribution in [0.5, 0.6) is 0 Å². The number of hydrogen-bond donors (Lipinski definition) is 3. The Morgan fingerprint density at radius 3 is 2.15 bits per heavy atom. The van der Waals surface area contributed by atoms with Crippen LogP contribution in [0.15, 0.2) is 34.6 Å². The van der Waals surface area contributed by atoms with Gasteiger partial charge >= 0.3 is 0 Å². The number of Topliss-reactive ketones (excluding diaryl/α,β-unsaturated/α-hetero) is 2. The van der Waals surface area contributed by atoms with Gasteiger partial charge in [0.25, 0.3) is 0 Å². The lowest BCUT2D eigenvalue weighted by Gasteiger charge is -2.33. The van der Waals surface area contributed by atoms with E-state index in [1.165, 1.54) is 0 Å². The Hall–Kier alpha value is -1.72. The Morgan fingerprint density at radius 1 is 1.15 bits per heavy atom. The third-order valence-electron chi connectivity index (χ3n) is 4.60. The van der Waals surface area contributed by atoms with Gasteiger partial charge in [-0.15, -0.1) is 0 Å². The highest BCUT2D eigenvalue weighted by Crippen LogP contribution is 2.43. The molecule has 3 N–H and O–H groups in total. The minimum absolute atomic E-state index is 0.0103. The molecule has 0 amide bonds. The molecular formula is C21H32O5. The topological polar surface area (TPSA) is 94.8 Å². The number of hydrogen-bond acceptors (Lipinski definition) is 5. The van der Waals surface area contributed by atoms with Gasteiger partial charge in [-0.2, -0.15) is 0 Å². The van der Waals surface area contributed by atoms with Crippen molar-refractivity contribution in [2.24, 2.45) is 11.8 Å². The number of ketones is 2. The first-order chi connectivity index (χ1) is 11.9. The van der Waals surface area contributed by atoms with Gasteiger partial charge in [0.1, 0.15) is 11.3 Å². The van der Waals surface area contributed by atoms with Crippen molar-refractivity contribution in [1.82, 2.24) is 0 Å². The molecule has 0 aromatic rings. The lowest BCUT2D eigenvalue weighted by Crippen LogP contribution is -2.49. The quantitative estimate of drug-likeness (QED) is 0.453. The number of rotatable bonds is 8. The highest BCUT2D eigenvalue weighted by atomic mass is 16.4. The zero-order valence-electron chi connectivity index (χ0n) is 16.7. The monoisotopic (exact) mass is 364 g/mol. The normalized spacial score (nSPS) is 24.0. The van der Waals surface area contributed by atoms with Crippen LogP contribution in [0.25, 0.3) is 0 Å². The van der Waals surface area contributed by atoms with Gasteiger partial charge in [0.05, 0.1) is 12.0 Å². The summed E-state index contributed by atoms with van der Waals surface area (Å²) in [5.41, 5.74) is -0.626. The second-order valence-corrected chi connectivity index (χ2v) is 8.04. The maximum absolute atomic E-state index is 12.9. The molecule has 3 atom stereocenters. The van der Waals surface area contributed by atoms with Crippen LogP contribution in [0.1, 0.15) is 60.8 Å². The van der Waals surface area contributed by atoms with Crippen molar-refractivity contribution >= 4 is 11.6 Å². The van der Waals surface area contributed by atoms with Crippen molar-refractivity contribution in [1.29, 1.82) is 0 Å². The molecule has 1 aliphatic rings. The maximum Gasteiger partial charge on any atom is 0.176 e. The van der Waals surface area contributed by atoms with Gasteiger partial charge in [-0.05, 0) is 46.5 Å². The smallest absolute Gasteiger partial charge is 0.176 e. The van der Waals surface area contributed by atoms with Gasteiger partial charge < -0.3 is 15.3 Å². The van der Waals surface area contributed by atoms with Crippen molar-refractivity contribution < 1.29 is 24.9 Å². The molecule has 0 saturated carbocycles. The van der Waals surface area contributed by atoms with E-state index in [2.05, 4.69) is 0 Å². The molecule has 0 fully saturated rings. The van der Waals surface area contributed by atoms with Crippen LogP contribution in [0.4, 0.5) is 0 Å². The average Bonchev–Trinajstić information content (AvgIpc) is 2.69. The highest BCUT2D eigenvalue weighted by Gasteiger charge is 2.58. The summed E-state index contributed by atoms with van der Waals surface area (Å²) in [5, 5.41) is 32.4. The Bertz CT molecular complexity index is 645. The molecule has 0 bridgehead atoms. The number of allylic oxidation sites excluding steroid dienone is 4. The molecule has 0 aliphatic heterocycles. The third-order valence-corrected chi connectivity index (χ3v) is 4.60. The van der Waals surface area contributed by atoms with Crippen molar-refractivity contribution in [3.63, 3.8) is 0 Å². The number of aliphatic hydroxyl groups excluding tert-OH is 2. The van der Waals surface area contributed by atoms with E-state index in [9.17, 15) is 24.9 Å². The van der Waals surface area contributed by atoms with E-state index in [0.29, 0.717) is 0 Å². The van der Waals surface area contributed by atoms with Crippen LogP contribution in [-0.4, -0.2) is 38.6 Å². The van der Waals surface area contributed by atoms with E-state index in [-0.39, 0.29) is 30.8 Å². The molecule has 26 heavy (non-hydrogen) atoms. The van der Waals surface area contributed by atoms with Crippen molar-refractivity contribution in [2.75, 3.05) is 0 Å². The largest absolute Gasteiger partial charge is 0.508 e. The average molecular weight is 364 g/mol. The Kier molecular flexibility index (Phi) is 7.54. The number of carbonyl (C=O) groups excluding carboxylic acids is 2. The Balaban J connectivity index is 3.38. The molecule has 5 heteroatoms. The number of carbonyl (C=O) groups is 2. The van der Waals surface area contributed by atoms with Gasteiger partial charge in [0.2, 0.25) is 0 Å². The summed E-state index contributed by atoms with van der Waals surface area (Å²) in [6.07, 6.45) is 2.43. The lowest BCUT2D eigenvalue weighted by atomic mass is 9.80. The lowest BCUT2D eigenvalue weighted by molar-refractivity contribution is -0.134. The molecule has 1 unspecified atom stereocenters. The van der Waals surface area contributed by atoms with E-state index in [4.69, 9.17) is 0 Å². The number of aliphatic hydroxyl groups is 3. The van der Waals surface area contributed by atoms with E-state index in [0.717, 1.165) is 11.1 Å². The summed E-state index contributed by atoms with van der Waals surface area (Å²) in [6.45, 7) is 11.1. The minimum Gasteiger partial charge on any atom is -0.508 e. The summed E-state index contributed by atoms with van der Waals surface area (Å²) in [5.74, 6) is -2.84. The van der Waals surface area contributed by atoms with Gasteiger partial charge in [0.15, 0.2) is 17.2 Å². The van der Waals surface area contributed by atoms with Crippen LogP contribution in [-0.2, 0) is 9.59 Å². The fourth-order valence-electron chi connectivity index (χ4n) is 3.16. The summed E-state index contributed by atoms with van der Waals surface area (Å²) < 4.78 is 0. The van der Waals surface area contributed by atoms with E-state index in [1.54, 1.807) is 12.2 Å². The molecule has 1 rings (SSSR count). The molecule has 0 radical (unpaired) electrons. The summed E-state index contributed by atoms with van der Waals surface area (Å²) >= 11 is 0. The SMILES string of the molecule is CC(C)=CCC(O)[C@@]1(O)C(O)=C(C(=O)CC(C)C)C(=O)[C@H]1CC=C(C)C. The van der Waals surface area contributed by atoms with E-state index in [1.807, 2.05) is 41.5 Å². The molecule has 5 nitrogen and oxygen atoms in total. The van der Waals surface area contributed by atoms with Crippen LogP contribution >= 0.6 is 0 Å². The van der Waals surface area contributed by atoms with Gasteiger partial charge in [-0.25, -0.2) is 0 Å². The second kappa shape index (κ2) is 8.78. The van der Waals surface area contributed by atoms with Crippen molar-refractivity contribution in [2.45, 2.75) is 72.5 Å². The summed E-state index contributed by atoms with van der Waals surface area (Å²) in [7, 11) is 0. The predicted octanol–water partition coefficient (Wildman–Crippen LogP) is 3.42. The molecule has 1 aliphatic carbocycles. The zero-order valence-corrected chi connectivity index (χ0v) is 16.7. The molecule has 0 spiro atoms. The second-order valence-electron chi connectivity index (χ2n) is 8.04. The molecule has 0 aromatic heterocycles. The van der Waals surface area contributed by atoms with Crippen LogP contribution in [0.3, 0.4) is 0 Å². The summed E-state index contributed by atoms with van der Waals surface area (Å²) in [6, 6.07) is 0. The van der Waals surface area contributed by atoms with Crippen LogP contribution < -0.4 is 0 Å². The predicted molar refractivity (Wildman–Crippen MR) is 102 cm³/mol. The summed E-state index contributed by atoms with van der Waals surface area (Å²) in [4.78, 5) is 25.3.